The molecule has 0 bridgehead atoms. The Morgan fingerprint density at radius 3 is 2.71 bits per heavy atom. The minimum absolute atomic E-state index is 0.195. The number of halogens is 1. The smallest absolute Gasteiger partial charge is 0.125 e. The molecule has 0 saturated heterocycles. The molecule has 2 aromatic rings. The van der Waals surface area contributed by atoms with Crippen LogP contribution >= 0.6 is 0 Å². The summed E-state index contributed by atoms with van der Waals surface area (Å²) in [7, 11) is 0. The standard InChI is InChI=1S/C18H20FNO/c1-13-2-4-15(5-3-13)18(21)9-11-20-10-8-14-6-7-16(19)12-17(14)20/h2-7,12,18,21H,8-11H2,1H3. The van der Waals surface area contributed by atoms with Crippen molar-refractivity contribution in [1.29, 1.82) is 0 Å². The van der Waals surface area contributed by atoms with E-state index in [2.05, 4.69) is 4.90 Å². The van der Waals surface area contributed by atoms with Crippen molar-refractivity contribution in [3.63, 3.8) is 0 Å². The molecule has 1 atom stereocenters. The van der Waals surface area contributed by atoms with Crippen molar-refractivity contribution in [2.24, 2.45) is 0 Å². The monoisotopic (exact) mass is 285 g/mol. The lowest BCUT2D eigenvalue weighted by Crippen LogP contribution is -2.23. The Labute approximate surface area is 124 Å². The fourth-order valence-electron chi connectivity index (χ4n) is 2.88. The molecule has 21 heavy (non-hydrogen) atoms. The maximum atomic E-state index is 13.4. The van der Waals surface area contributed by atoms with E-state index in [-0.39, 0.29) is 5.82 Å². The number of aliphatic hydroxyl groups is 1. The summed E-state index contributed by atoms with van der Waals surface area (Å²) in [4.78, 5) is 2.16. The van der Waals surface area contributed by atoms with E-state index in [1.165, 1.54) is 17.2 Å². The van der Waals surface area contributed by atoms with Gasteiger partial charge in [-0.1, -0.05) is 35.9 Å². The van der Waals surface area contributed by atoms with Crippen molar-refractivity contribution < 1.29 is 9.50 Å². The highest BCUT2D eigenvalue weighted by Crippen LogP contribution is 2.29. The van der Waals surface area contributed by atoms with Crippen LogP contribution in [0.5, 0.6) is 0 Å². The Bertz CT molecular complexity index is 624. The third kappa shape index (κ3) is 3.08. The molecule has 0 fully saturated rings. The first-order valence-electron chi connectivity index (χ1n) is 7.41. The number of nitrogens with zero attached hydrogens (tertiary/aromatic N) is 1. The number of hydrogen-bond donors (Lipinski definition) is 1. The van der Waals surface area contributed by atoms with Gasteiger partial charge >= 0.3 is 0 Å². The molecule has 3 rings (SSSR count). The van der Waals surface area contributed by atoms with E-state index >= 15 is 0 Å². The molecule has 1 aliphatic rings. The molecule has 1 heterocycles. The zero-order valence-corrected chi connectivity index (χ0v) is 12.2. The van der Waals surface area contributed by atoms with Gasteiger partial charge in [0, 0.05) is 18.8 Å². The summed E-state index contributed by atoms with van der Waals surface area (Å²) in [5.41, 5.74) is 4.31. The van der Waals surface area contributed by atoms with Crippen molar-refractivity contribution >= 4 is 5.69 Å². The number of hydrogen-bond acceptors (Lipinski definition) is 2. The van der Waals surface area contributed by atoms with E-state index < -0.39 is 6.10 Å². The van der Waals surface area contributed by atoms with Crippen molar-refractivity contribution in [3.8, 4) is 0 Å². The van der Waals surface area contributed by atoms with Gasteiger partial charge in [-0.15, -0.1) is 0 Å². The van der Waals surface area contributed by atoms with Crippen LogP contribution in [0.25, 0.3) is 0 Å². The van der Waals surface area contributed by atoms with Gasteiger partial charge in [0.1, 0.15) is 5.82 Å². The molecule has 1 aliphatic heterocycles. The molecular weight excluding hydrogens is 265 g/mol. The Morgan fingerprint density at radius 1 is 1.19 bits per heavy atom. The summed E-state index contributed by atoms with van der Waals surface area (Å²) in [6, 6.07) is 12.9. The fraction of sp³-hybridized carbons (Fsp3) is 0.333. The first kappa shape index (κ1) is 14.1. The number of rotatable bonds is 4. The molecule has 1 N–H and O–H groups in total. The average molecular weight is 285 g/mol. The van der Waals surface area contributed by atoms with E-state index in [1.807, 2.05) is 37.3 Å². The molecule has 2 nitrogen and oxygen atoms in total. The minimum atomic E-state index is -0.469. The lowest BCUT2D eigenvalue weighted by molar-refractivity contribution is 0.169. The molecule has 110 valence electrons. The van der Waals surface area contributed by atoms with Gasteiger partial charge in [-0.05, 0) is 43.0 Å². The summed E-state index contributed by atoms with van der Waals surface area (Å²) in [6.07, 6.45) is 1.14. The zero-order valence-electron chi connectivity index (χ0n) is 12.2. The molecular formula is C18H20FNO. The van der Waals surface area contributed by atoms with Crippen molar-refractivity contribution in [2.75, 3.05) is 18.0 Å². The van der Waals surface area contributed by atoms with E-state index in [0.29, 0.717) is 6.42 Å². The minimum Gasteiger partial charge on any atom is -0.388 e. The van der Waals surface area contributed by atoms with Crippen LogP contribution in [0, 0.1) is 12.7 Å². The van der Waals surface area contributed by atoms with Crippen LogP contribution in [-0.4, -0.2) is 18.2 Å². The highest BCUT2D eigenvalue weighted by molar-refractivity contribution is 5.58. The van der Waals surface area contributed by atoms with Crippen LogP contribution < -0.4 is 4.90 Å². The molecule has 0 aromatic heterocycles. The first-order chi connectivity index (χ1) is 10.1. The Kier molecular flexibility index (Phi) is 3.93. The van der Waals surface area contributed by atoms with Crippen molar-refractivity contribution in [1.82, 2.24) is 0 Å². The second-order valence-corrected chi connectivity index (χ2v) is 5.73. The van der Waals surface area contributed by atoms with Crippen LogP contribution in [0.15, 0.2) is 42.5 Å². The van der Waals surface area contributed by atoms with Crippen molar-refractivity contribution in [2.45, 2.75) is 25.9 Å². The van der Waals surface area contributed by atoms with Gasteiger partial charge in [-0.25, -0.2) is 4.39 Å². The van der Waals surface area contributed by atoms with Crippen molar-refractivity contribution in [3.05, 3.63) is 65.0 Å². The molecule has 0 aliphatic carbocycles. The van der Waals surface area contributed by atoms with Crippen LogP contribution in [0.2, 0.25) is 0 Å². The fourth-order valence-corrected chi connectivity index (χ4v) is 2.88. The lowest BCUT2D eigenvalue weighted by Gasteiger charge is -2.21. The lowest BCUT2D eigenvalue weighted by atomic mass is 10.0. The average Bonchev–Trinajstić information content (AvgIpc) is 2.88. The van der Waals surface area contributed by atoms with Gasteiger partial charge in [0.15, 0.2) is 0 Å². The maximum Gasteiger partial charge on any atom is 0.125 e. The molecule has 2 aromatic carbocycles. The highest BCUT2D eigenvalue weighted by Gasteiger charge is 2.20. The summed E-state index contributed by atoms with van der Waals surface area (Å²) >= 11 is 0. The molecule has 3 heteroatoms. The topological polar surface area (TPSA) is 23.5 Å². The molecule has 0 spiro atoms. The normalized spacial score (nSPS) is 15.1. The summed E-state index contributed by atoms with van der Waals surface area (Å²) in [5.74, 6) is -0.195. The highest BCUT2D eigenvalue weighted by atomic mass is 19.1. The van der Waals surface area contributed by atoms with Gasteiger partial charge in [-0.2, -0.15) is 0 Å². The summed E-state index contributed by atoms with van der Waals surface area (Å²) in [5, 5.41) is 10.3. The van der Waals surface area contributed by atoms with Crippen LogP contribution in [0.3, 0.4) is 0 Å². The third-order valence-electron chi connectivity index (χ3n) is 4.17. The quantitative estimate of drug-likeness (QED) is 0.927. The van der Waals surface area contributed by atoms with Gasteiger partial charge in [-0.3, -0.25) is 0 Å². The zero-order chi connectivity index (χ0) is 14.8. The predicted octanol–water partition coefficient (Wildman–Crippen LogP) is 3.62. The second kappa shape index (κ2) is 5.86. The Balaban J connectivity index is 1.64. The SMILES string of the molecule is Cc1ccc(C(O)CCN2CCc3ccc(F)cc32)cc1. The predicted molar refractivity (Wildman–Crippen MR) is 83.1 cm³/mol. The summed E-state index contributed by atoms with van der Waals surface area (Å²) < 4.78 is 13.4. The van der Waals surface area contributed by atoms with E-state index in [1.54, 1.807) is 6.07 Å². The number of anilines is 1. The number of aryl methyl sites for hydroxylation is 1. The van der Waals surface area contributed by atoms with E-state index in [9.17, 15) is 9.50 Å². The largest absolute Gasteiger partial charge is 0.388 e. The van der Waals surface area contributed by atoms with E-state index in [4.69, 9.17) is 0 Å². The number of aliphatic hydroxyl groups excluding tert-OH is 1. The maximum absolute atomic E-state index is 13.4. The van der Waals surface area contributed by atoms with Gasteiger partial charge < -0.3 is 10.0 Å². The number of fused-ring (bicyclic) bond motifs is 1. The summed E-state index contributed by atoms with van der Waals surface area (Å²) in [6.45, 7) is 3.68. The molecule has 0 radical (unpaired) electrons. The van der Waals surface area contributed by atoms with Gasteiger partial charge in [0.25, 0.3) is 0 Å². The van der Waals surface area contributed by atoms with Crippen LogP contribution in [0.1, 0.15) is 29.2 Å². The molecule has 0 saturated carbocycles. The third-order valence-corrected chi connectivity index (χ3v) is 4.17. The van der Waals surface area contributed by atoms with Gasteiger partial charge in [0.05, 0.1) is 6.10 Å². The molecule has 0 amide bonds. The second-order valence-electron chi connectivity index (χ2n) is 5.73. The van der Waals surface area contributed by atoms with Gasteiger partial charge in [0.2, 0.25) is 0 Å². The van der Waals surface area contributed by atoms with Crippen LogP contribution in [0.4, 0.5) is 10.1 Å². The first-order valence-corrected chi connectivity index (χ1v) is 7.41. The Hall–Kier alpha value is -1.87. The van der Waals surface area contributed by atoms with Crippen LogP contribution in [-0.2, 0) is 6.42 Å². The van der Waals surface area contributed by atoms with E-state index in [0.717, 1.165) is 30.8 Å². The Morgan fingerprint density at radius 2 is 1.95 bits per heavy atom. The number of benzene rings is 2. The molecule has 1 unspecified atom stereocenters.